The Bertz CT molecular complexity index is 1180. The third kappa shape index (κ3) is 5.40. The summed E-state index contributed by atoms with van der Waals surface area (Å²) >= 11 is 0. The minimum absolute atomic E-state index is 0.103. The van der Waals surface area contributed by atoms with E-state index in [9.17, 15) is 23.1 Å². The molecule has 3 N–H and O–H groups in total. The molecular weight excluding hydrogens is 445 g/mol. The Kier molecular flexibility index (Phi) is 7.19. The first-order valence-electron chi connectivity index (χ1n) is 11.0. The molecule has 1 aliphatic carbocycles. The molecule has 2 unspecified atom stereocenters. The van der Waals surface area contributed by atoms with Crippen LogP contribution in [0.4, 0.5) is 18.0 Å². The van der Waals surface area contributed by atoms with Crippen molar-refractivity contribution in [2.24, 2.45) is 0 Å². The van der Waals surface area contributed by atoms with Gasteiger partial charge in [0.05, 0.1) is 12.1 Å². The molecule has 1 amide bonds. The molecule has 5 nitrogen and oxygen atoms in total. The van der Waals surface area contributed by atoms with E-state index in [2.05, 4.69) is 29.7 Å². The average molecular weight is 470 g/mol. The van der Waals surface area contributed by atoms with Crippen molar-refractivity contribution in [3.8, 4) is 11.1 Å². The van der Waals surface area contributed by atoms with Crippen molar-refractivity contribution in [2.45, 2.75) is 32.1 Å². The van der Waals surface area contributed by atoms with E-state index in [-0.39, 0.29) is 37.1 Å². The second-order valence-electron chi connectivity index (χ2n) is 8.24. The predicted molar refractivity (Wildman–Crippen MR) is 122 cm³/mol. The number of fused-ring (bicyclic) bond motifs is 3. The topological polar surface area (TPSA) is 70.6 Å². The Labute approximate surface area is 195 Å². The maximum atomic E-state index is 14.0. The summed E-state index contributed by atoms with van der Waals surface area (Å²) in [6.07, 6.45) is -0.911. The molecule has 2 atom stereocenters. The Morgan fingerprint density at radius 2 is 1.59 bits per heavy atom. The molecule has 0 bridgehead atoms. The number of aryl methyl sites for hydroxylation is 1. The van der Waals surface area contributed by atoms with Gasteiger partial charge in [-0.05, 0) is 64.1 Å². The van der Waals surface area contributed by atoms with Crippen LogP contribution in [0, 0.1) is 17.5 Å². The molecule has 0 radical (unpaired) electrons. The van der Waals surface area contributed by atoms with E-state index in [4.69, 9.17) is 4.74 Å². The lowest BCUT2D eigenvalue weighted by atomic mass is 10.0. The number of benzene rings is 3. The van der Waals surface area contributed by atoms with Crippen LogP contribution in [0.2, 0.25) is 0 Å². The molecule has 3 aromatic carbocycles. The highest BCUT2D eigenvalue weighted by Crippen LogP contribution is 2.44. The van der Waals surface area contributed by atoms with E-state index in [0.717, 1.165) is 52.4 Å². The largest absolute Gasteiger partial charge is 0.445 e. The van der Waals surface area contributed by atoms with Crippen molar-refractivity contribution in [2.75, 3.05) is 13.1 Å². The number of halogens is 3. The maximum Gasteiger partial charge on any atom is 0.407 e. The van der Waals surface area contributed by atoms with Crippen LogP contribution in [0.5, 0.6) is 0 Å². The zero-order chi connectivity index (χ0) is 24.2. The van der Waals surface area contributed by atoms with E-state index in [1.165, 1.54) is 12.1 Å². The van der Waals surface area contributed by atoms with E-state index >= 15 is 0 Å². The molecule has 0 aliphatic heterocycles. The molecule has 0 saturated heterocycles. The van der Waals surface area contributed by atoms with Gasteiger partial charge in [-0.25, -0.2) is 18.0 Å². The van der Waals surface area contributed by atoms with Crippen molar-refractivity contribution < 1.29 is 27.8 Å². The summed E-state index contributed by atoms with van der Waals surface area (Å²) in [6.45, 7) is 1.78. The number of hydrogen-bond donors (Lipinski definition) is 3. The molecule has 3 aromatic rings. The minimum atomic E-state index is -0.949. The quantitative estimate of drug-likeness (QED) is 0.450. The Balaban J connectivity index is 1.33. The molecular formula is C26H25F3N2O3. The van der Waals surface area contributed by atoms with Crippen LogP contribution in [0.15, 0.2) is 54.6 Å². The summed E-state index contributed by atoms with van der Waals surface area (Å²) in [5.41, 5.74) is 5.11. The number of nitrogens with one attached hydrogen (secondary N) is 2. The third-order valence-corrected chi connectivity index (χ3v) is 5.78. The fourth-order valence-electron chi connectivity index (χ4n) is 4.14. The number of aliphatic hydroxyl groups is 1. The first-order valence-corrected chi connectivity index (χ1v) is 11.0. The van der Waals surface area contributed by atoms with Crippen molar-refractivity contribution in [1.29, 1.82) is 0 Å². The van der Waals surface area contributed by atoms with Gasteiger partial charge >= 0.3 is 6.09 Å². The van der Waals surface area contributed by atoms with Gasteiger partial charge in [-0.15, -0.1) is 0 Å². The summed E-state index contributed by atoms with van der Waals surface area (Å²) in [5, 5.41) is 16.1. The highest BCUT2D eigenvalue weighted by Gasteiger charge is 2.29. The molecule has 0 fully saturated rings. The lowest BCUT2D eigenvalue weighted by Crippen LogP contribution is -2.39. The number of hydrogen-bond acceptors (Lipinski definition) is 4. The molecule has 4 rings (SSSR count). The van der Waals surface area contributed by atoms with Crippen molar-refractivity contribution in [1.82, 2.24) is 10.6 Å². The van der Waals surface area contributed by atoms with Crippen LogP contribution >= 0.6 is 0 Å². The zero-order valence-corrected chi connectivity index (χ0v) is 18.6. The number of carbonyl (C=O) groups excluding carboxylic acids is 1. The van der Waals surface area contributed by atoms with Gasteiger partial charge in [-0.1, -0.05) is 31.2 Å². The van der Waals surface area contributed by atoms with Gasteiger partial charge < -0.3 is 20.5 Å². The van der Waals surface area contributed by atoms with Crippen molar-refractivity contribution in [3.05, 3.63) is 94.3 Å². The van der Waals surface area contributed by atoms with E-state index in [1.54, 1.807) is 6.07 Å². The highest BCUT2D eigenvalue weighted by atomic mass is 19.1. The normalized spacial score (nSPS) is 14.9. The summed E-state index contributed by atoms with van der Waals surface area (Å²) in [5.74, 6) is -1.86. The SMILES string of the molecule is CCc1ccc2c(c1)C(NCC(O)CNC(=O)OCc1cc(F)cc(F)c1)c1cc(F)ccc1-2. The molecule has 8 heteroatoms. The number of carbonyl (C=O) groups is 1. The van der Waals surface area contributed by atoms with Crippen LogP contribution in [0.25, 0.3) is 11.1 Å². The van der Waals surface area contributed by atoms with Crippen molar-refractivity contribution in [3.63, 3.8) is 0 Å². The number of aliphatic hydroxyl groups excluding tert-OH is 1. The van der Waals surface area contributed by atoms with Gasteiger partial charge in [0.1, 0.15) is 24.1 Å². The van der Waals surface area contributed by atoms with Gasteiger partial charge in [0.15, 0.2) is 0 Å². The third-order valence-electron chi connectivity index (χ3n) is 5.78. The van der Waals surface area contributed by atoms with Crippen LogP contribution < -0.4 is 10.6 Å². The van der Waals surface area contributed by atoms with Crippen molar-refractivity contribution >= 4 is 6.09 Å². The van der Waals surface area contributed by atoms with Crippen LogP contribution in [-0.4, -0.2) is 30.4 Å². The molecule has 178 valence electrons. The summed E-state index contributed by atoms with van der Waals surface area (Å²) in [7, 11) is 0. The Morgan fingerprint density at radius 1 is 0.912 bits per heavy atom. The Hall–Kier alpha value is -3.36. The Morgan fingerprint density at radius 3 is 2.29 bits per heavy atom. The first-order chi connectivity index (χ1) is 16.3. The lowest BCUT2D eigenvalue weighted by molar-refractivity contribution is 0.124. The average Bonchev–Trinajstić information content (AvgIpc) is 3.11. The maximum absolute atomic E-state index is 14.0. The zero-order valence-electron chi connectivity index (χ0n) is 18.6. The van der Waals surface area contributed by atoms with Gasteiger partial charge in [-0.2, -0.15) is 0 Å². The molecule has 0 heterocycles. The van der Waals surface area contributed by atoms with E-state index in [0.29, 0.717) is 0 Å². The second kappa shape index (κ2) is 10.3. The summed E-state index contributed by atoms with van der Waals surface area (Å²) in [6, 6.07) is 13.4. The second-order valence-corrected chi connectivity index (χ2v) is 8.24. The van der Waals surface area contributed by atoms with Gasteiger partial charge in [0.25, 0.3) is 0 Å². The van der Waals surface area contributed by atoms with Gasteiger partial charge in [-0.3, -0.25) is 0 Å². The lowest BCUT2D eigenvalue weighted by Gasteiger charge is -2.19. The van der Waals surface area contributed by atoms with Crippen LogP contribution in [0.3, 0.4) is 0 Å². The molecule has 0 saturated carbocycles. The van der Waals surface area contributed by atoms with Crippen LogP contribution in [0.1, 0.15) is 35.2 Å². The minimum Gasteiger partial charge on any atom is -0.445 e. The van der Waals surface area contributed by atoms with Gasteiger partial charge in [0, 0.05) is 19.2 Å². The smallest absolute Gasteiger partial charge is 0.407 e. The van der Waals surface area contributed by atoms with Gasteiger partial charge in [0.2, 0.25) is 0 Å². The van der Waals surface area contributed by atoms with E-state index in [1.807, 2.05) is 6.07 Å². The predicted octanol–water partition coefficient (Wildman–Crippen LogP) is 4.61. The monoisotopic (exact) mass is 470 g/mol. The number of alkyl carbamates (subject to hydrolysis) is 1. The summed E-state index contributed by atoms with van der Waals surface area (Å²) in [4.78, 5) is 11.9. The summed E-state index contributed by atoms with van der Waals surface area (Å²) < 4.78 is 45.3. The molecule has 0 spiro atoms. The van der Waals surface area contributed by atoms with E-state index < -0.39 is 23.8 Å². The molecule has 34 heavy (non-hydrogen) atoms. The fraction of sp³-hybridized carbons (Fsp3) is 0.269. The first kappa shape index (κ1) is 23.8. The standard InChI is InChI=1S/C26H25F3N2O3/c1-2-15-3-5-21-22-6-4-17(27)11-24(22)25(23(21)9-15)30-12-20(32)13-31-26(33)34-14-16-7-18(28)10-19(29)8-16/h3-11,20,25,30,32H,2,12-14H2,1H3,(H,31,33). The number of ether oxygens (including phenoxy) is 1. The molecule has 0 aromatic heterocycles. The highest BCUT2D eigenvalue weighted by molar-refractivity contribution is 5.79. The number of rotatable bonds is 8. The molecule has 1 aliphatic rings. The fourth-order valence-corrected chi connectivity index (χ4v) is 4.14. The van der Waals surface area contributed by atoms with Crippen LogP contribution in [-0.2, 0) is 17.8 Å². The number of amides is 1.